The predicted molar refractivity (Wildman–Crippen MR) is 61.4 cm³/mol. The number of aliphatic hydroxyl groups excluding tert-OH is 1. The second-order valence-electron chi connectivity index (χ2n) is 3.86. The quantitative estimate of drug-likeness (QED) is 0.719. The molecule has 0 bridgehead atoms. The zero-order valence-electron chi connectivity index (χ0n) is 8.20. The van der Waals surface area contributed by atoms with Crippen LogP contribution in [0, 0.1) is 0 Å². The van der Waals surface area contributed by atoms with Gasteiger partial charge in [0.2, 0.25) is 5.95 Å². The first-order chi connectivity index (χ1) is 7.13. The molecule has 1 aromatic heterocycles. The standard InChI is InChI=1S/C9H13BrN4O/c10-6-4-7(11)13-8(12-6)14-9(5-15)2-1-3-9/h4,15H,1-3,5H2,(H3,11,12,13,14). The highest BCUT2D eigenvalue weighted by Crippen LogP contribution is 2.34. The molecule has 0 aliphatic heterocycles. The fraction of sp³-hybridized carbons (Fsp3) is 0.556. The maximum Gasteiger partial charge on any atom is 0.226 e. The number of hydrogen-bond donors (Lipinski definition) is 3. The molecule has 0 radical (unpaired) electrons. The first kappa shape index (κ1) is 10.6. The summed E-state index contributed by atoms with van der Waals surface area (Å²) in [6.07, 6.45) is 3.01. The van der Waals surface area contributed by atoms with E-state index >= 15 is 0 Å². The molecule has 0 saturated heterocycles. The number of nitrogens with two attached hydrogens (primary N) is 1. The highest BCUT2D eigenvalue weighted by molar-refractivity contribution is 9.10. The minimum atomic E-state index is -0.243. The number of aliphatic hydroxyl groups is 1. The minimum Gasteiger partial charge on any atom is -0.394 e. The van der Waals surface area contributed by atoms with Gasteiger partial charge in [0.05, 0.1) is 12.1 Å². The van der Waals surface area contributed by atoms with Gasteiger partial charge >= 0.3 is 0 Å². The average Bonchev–Trinajstić information content (AvgIpc) is 2.10. The molecule has 6 heteroatoms. The summed E-state index contributed by atoms with van der Waals surface area (Å²) in [6, 6.07) is 1.64. The van der Waals surface area contributed by atoms with Crippen molar-refractivity contribution >= 4 is 27.7 Å². The summed E-state index contributed by atoms with van der Waals surface area (Å²) in [5.74, 6) is 0.877. The summed E-state index contributed by atoms with van der Waals surface area (Å²) in [5.41, 5.74) is 5.35. The van der Waals surface area contributed by atoms with E-state index in [1.807, 2.05) is 0 Å². The fourth-order valence-electron chi connectivity index (χ4n) is 1.65. The van der Waals surface area contributed by atoms with Gasteiger partial charge in [-0.15, -0.1) is 0 Å². The third-order valence-electron chi connectivity index (χ3n) is 2.70. The lowest BCUT2D eigenvalue weighted by molar-refractivity contribution is 0.143. The van der Waals surface area contributed by atoms with Gasteiger partial charge in [0.15, 0.2) is 0 Å². The summed E-state index contributed by atoms with van der Waals surface area (Å²) in [7, 11) is 0. The van der Waals surface area contributed by atoms with Crippen LogP contribution in [-0.4, -0.2) is 27.2 Å². The van der Waals surface area contributed by atoms with E-state index < -0.39 is 0 Å². The van der Waals surface area contributed by atoms with Crippen LogP contribution in [0.4, 0.5) is 11.8 Å². The van der Waals surface area contributed by atoms with Crippen molar-refractivity contribution in [3.63, 3.8) is 0 Å². The monoisotopic (exact) mass is 272 g/mol. The van der Waals surface area contributed by atoms with E-state index in [1.54, 1.807) is 6.07 Å². The molecule has 5 nitrogen and oxygen atoms in total. The Bertz CT molecular complexity index is 341. The number of rotatable bonds is 3. The lowest BCUT2D eigenvalue weighted by Gasteiger charge is -2.40. The van der Waals surface area contributed by atoms with Crippen LogP contribution >= 0.6 is 15.9 Å². The van der Waals surface area contributed by atoms with E-state index in [4.69, 9.17) is 5.73 Å². The topological polar surface area (TPSA) is 84.1 Å². The van der Waals surface area contributed by atoms with Crippen molar-refractivity contribution in [3.05, 3.63) is 10.7 Å². The number of halogens is 1. The van der Waals surface area contributed by atoms with Crippen LogP contribution in [0.3, 0.4) is 0 Å². The Hall–Kier alpha value is -0.880. The van der Waals surface area contributed by atoms with Gasteiger partial charge in [0.25, 0.3) is 0 Å². The maximum atomic E-state index is 9.28. The van der Waals surface area contributed by atoms with E-state index in [0.717, 1.165) is 19.3 Å². The molecule has 0 atom stereocenters. The molecule has 1 heterocycles. The van der Waals surface area contributed by atoms with Crippen LogP contribution in [0.1, 0.15) is 19.3 Å². The smallest absolute Gasteiger partial charge is 0.226 e. The van der Waals surface area contributed by atoms with Crippen molar-refractivity contribution < 1.29 is 5.11 Å². The lowest BCUT2D eigenvalue weighted by atomic mass is 9.77. The molecule has 1 aliphatic rings. The third kappa shape index (κ3) is 2.21. The molecule has 82 valence electrons. The van der Waals surface area contributed by atoms with E-state index in [2.05, 4.69) is 31.2 Å². The Balaban J connectivity index is 2.16. The van der Waals surface area contributed by atoms with E-state index in [1.165, 1.54) is 0 Å². The second kappa shape index (κ2) is 3.94. The van der Waals surface area contributed by atoms with Crippen LogP contribution in [0.25, 0.3) is 0 Å². The maximum absolute atomic E-state index is 9.28. The van der Waals surface area contributed by atoms with Gasteiger partial charge in [-0.25, -0.2) is 4.98 Å². The van der Waals surface area contributed by atoms with E-state index in [9.17, 15) is 5.11 Å². The van der Waals surface area contributed by atoms with Crippen molar-refractivity contribution in [1.29, 1.82) is 0 Å². The highest BCUT2D eigenvalue weighted by atomic mass is 79.9. The van der Waals surface area contributed by atoms with Crippen LogP contribution in [-0.2, 0) is 0 Å². The first-order valence-electron chi connectivity index (χ1n) is 4.83. The minimum absolute atomic E-state index is 0.1000. The summed E-state index contributed by atoms with van der Waals surface area (Å²) in [5, 5.41) is 12.4. The number of anilines is 2. The summed E-state index contributed by atoms with van der Waals surface area (Å²) < 4.78 is 0.643. The number of nitrogens with zero attached hydrogens (tertiary/aromatic N) is 2. The van der Waals surface area contributed by atoms with Gasteiger partial charge < -0.3 is 16.2 Å². The van der Waals surface area contributed by atoms with Crippen molar-refractivity contribution in [3.8, 4) is 0 Å². The Morgan fingerprint density at radius 3 is 2.73 bits per heavy atom. The molecule has 0 spiro atoms. The summed E-state index contributed by atoms with van der Waals surface area (Å²) in [6.45, 7) is 0.1000. The molecule has 0 unspecified atom stereocenters. The van der Waals surface area contributed by atoms with Crippen LogP contribution in [0.5, 0.6) is 0 Å². The van der Waals surface area contributed by atoms with Crippen LogP contribution < -0.4 is 11.1 Å². The van der Waals surface area contributed by atoms with Crippen molar-refractivity contribution in [2.24, 2.45) is 0 Å². The average molecular weight is 273 g/mol. The second-order valence-corrected chi connectivity index (χ2v) is 4.67. The Morgan fingerprint density at radius 2 is 2.27 bits per heavy atom. The van der Waals surface area contributed by atoms with Gasteiger partial charge in [0.1, 0.15) is 10.4 Å². The molecular weight excluding hydrogens is 260 g/mol. The van der Waals surface area contributed by atoms with Crippen molar-refractivity contribution in [2.45, 2.75) is 24.8 Å². The van der Waals surface area contributed by atoms with Gasteiger partial charge in [0, 0.05) is 6.07 Å². The Labute approximate surface area is 96.2 Å². The molecule has 0 aromatic carbocycles. The number of nitrogen functional groups attached to an aromatic ring is 1. The molecule has 0 amide bonds. The lowest BCUT2D eigenvalue weighted by Crippen LogP contribution is -2.48. The van der Waals surface area contributed by atoms with Gasteiger partial charge in [-0.3, -0.25) is 0 Å². The van der Waals surface area contributed by atoms with Crippen molar-refractivity contribution in [2.75, 3.05) is 17.7 Å². The molecule has 1 aliphatic carbocycles. The summed E-state index contributed by atoms with van der Waals surface area (Å²) >= 11 is 3.25. The van der Waals surface area contributed by atoms with Gasteiger partial charge in [-0.1, -0.05) is 0 Å². The first-order valence-corrected chi connectivity index (χ1v) is 5.62. The molecule has 1 fully saturated rings. The predicted octanol–water partition coefficient (Wildman–Crippen LogP) is 1.15. The Morgan fingerprint density at radius 1 is 1.53 bits per heavy atom. The van der Waals surface area contributed by atoms with E-state index in [-0.39, 0.29) is 12.1 Å². The van der Waals surface area contributed by atoms with Gasteiger partial charge in [-0.05, 0) is 35.2 Å². The van der Waals surface area contributed by atoms with Gasteiger partial charge in [-0.2, -0.15) is 4.98 Å². The molecular formula is C9H13BrN4O. The molecule has 4 N–H and O–H groups in total. The number of nitrogens with one attached hydrogen (secondary N) is 1. The molecule has 2 rings (SSSR count). The zero-order valence-corrected chi connectivity index (χ0v) is 9.79. The summed E-state index contributed by atoms with van der Waals surface area (Å²) in [4.78, 5) is 8.22. The molecule has 15 heavy (non-hydrogen) atoms. The van der Waals surface area contributed by atoms with Crippen LogP contribution in [0.2, 0.25) is 0 Å². The molecule has 1 saturated carbocycles. The zero-order chi connectivity index (χ0) is 10.9. The SMILES string of the molecule is Nc1cc(Br)nc(NC2(CO)CCC2)n1. The molecule has 1 aromatic rings. The Kier molecular flexibility index (Phi) is 2.79. The van der Waals surface area contributed by atoms with Crippen molar-refractivity contribution in [1.82, 2.24) is 9.97 Å². The third-order valence-corrected chi connectivity index (χ3v) is 3.11. The largest absolute Gasteiger partial charge is 0.394 e. The number of hydrogen-bond acceptors (Lipinski definition) is 5. The highest BCUT2D eigenvalue weighted by Gasteiger charge is 2.36. The van der Waals surface area contributed by atoms with E-state index in [0.29, 0.717) is 16.4 Å². The van der Waals surface area contributed by atoms with Crippen LogP contribution in [0.15, 0.2) is 10.7 Å². The fourth-order valence-corrected chi connectivity index (χ4v) is 2.06. The normalized spacial score (nSPS) is 18.3. The number of aromatic nitrogens is 2.